The van der Waals surface area contributed by atoms with Crippen LogP contribution in [-0.4, -0.2) is 23.9 Å². The van der Waals surface area contributed by atoms with Crippen LogP contribution in [0.25, 0.3) is 0 Å². The molecule has 1 atom stereocenters. The Hall–Kier alpha value is -1.84. The Morgan fingerprint density at radius 3 is 2.12 bits per heavy atom. The maximum Gasteiger partial charge on any atom is 0.251 e. The number of nitrogens with one attached hydrogen (secondary N) is 2. The predicted octanol–water partition coefficient (Wildman–Crippen LogP) is 1.33. The lowest BCUT2D eigenvalue weighted by Crippen LogP contribution is -2.46. The van der Waals surface area contributed by atoms with Gasteiger partial charge >= 0.3 is 0 Å². The third-order valence-electron chi connectivity index (χ3n) is 2.21. The van der Waals surface area contributed by atoms with E-state index in [0.29, 0.717) is 5.56 Å². The van der Waals surface area contributed by atoms with Crippen LogP contribution in [0.5, 0.6) is 0 Å². The third-order valence-corrected chi connectivity index (χ3v) is 2.21. The molecule has 0 aromatic heterocycles. The molecule has 0 aliphatic rings. The first-order valence-corrected chi connectivity index (χ1v) is 5.67. The van der Waals surface area contributed by atoms with Gasteiger partial charge in [0.2, 0.25) is 5.91 Å². The Morgan fingerprint density at radius 1 is 1.00 bits per heavy atom. The van der Waals surface area contributed by atoms with E-state index in [-0.39, 0.29) is 17.9 Å². The van der Waals surface area contributed by atoms with Crippen LogP contribution in [0.1, 0.15) is 31.1 Å². The smallest absolute Gasteiger partial charge is 0.251 e. The molecule has 17 heavy (non-hydrogen) atoms. The summed E-state index contributed by atoms with van der Waals surface area (Å²) in [6.45, 7) is 5.42. The molecule has 0 bridgehead atoms. The minimum Gasteiger partial charge on any atom is -0.352 e. The van der Waals surface area contributed by atoms with Gasteiger partial charge in [-0.2, -0.15) is 0 Å². The molecule has 0 aliphatic heterocycles. The van der Waals surface area contributed by atoms with E-state index in [1.54, 1.807) is 31.2 Å². The molecule has 4 nitrogen and oxygen atoms in total. The molecule has 0 spiro atoms. The Labute approximate surface area is 101 Å². The van der Waals surface area contributed by atoms with Crippen molar-refractivity contribution in [3.63, 3.8) is 0 Å². The molecule has 0 radical (unpaired) electrons. The maximum absolute atomic E-state index is 11.8. The van der Waals surface area contributed by atoms with Crippen molar-refractivity contribution < 1.29 is 9.59 Å². The van der Waals surface area contributed by atoms with E-state index in [1.165, 1.54) is 0 Å². The fraction of sp³-hybridized carbons (Fsp3) is 0.385. The van der Waals surface area contributed by atoms with Crippen molar-refractivity contribution in [2.45, 2.75) is 32.9 Å². The Kier molecular flexibility index (Phi) is 4.69. The second-order valence-corrected chi connectivity index (χ2v) is 4.22. The number of hydrogen-bond donors (Lipinski definition) is 2. The van der Waals surface area contributed by atoms with Crippen LogP contribution in [0.3, 0.4) is 0 Å². The molecular formula is C13H18N2O2. The molecule has 0 saturated heterocycles. The van der Waals surface area contributed by atoms with Crippen molar-refractivity contribution in [2.24, 2.45) is 0 Å². The number of amides is 2. The highest BCUT2D eigenvalue weighted by molar-refractivity contribution is 5.97. The first kappa shape index (κ1) is 13.2. The van der Waals surface area contributed by atoms with Crippen molar-refractivity contribution in [1.29, 1.82) is 0 Å². The topological polar surface area (TPSA) is 58.2 Å². The van der Waals surface area contributed by atoms with Gasteiger partial charge < -0.3 is 10.6 Å². The summed E-state index contributed by atoms with van der Waals surface area (Å²) in [6, 6.07) is 8.36. The van der Waals surface area contributed by atoms with E-state index < -0.39 is 6.04 Å². The van der Waals surface area contributed by atoms with Crippen LogP contribution >= 0.6 is 0 Å². The molecule has 0 aliphatic carbocycles. The molecular weight excluding hydrogens is 216 g/mol. The first-order chi connectivity index (χ1) is 8.00. The molecule has 2 amide bonds. The van der Waals surface area contributed by atoms with Gasteiger partial charge in [-0.1, -0.05) is 18.2 Å². The number of benzene rings is 1. The van der Waals surface area contributed by atoms with Gasteiger partial charge in [-0.3, -0.25) is 9.59 Å². The highest BCUT2D eigenvalue weighted by Crippen LogP contribution is 1.98. The average molecular weight is 234 g/mol. The first-order valence-electron chi connectivity index (χ1n) is 5.67. The second-order valence-electron chi connectivity index (χ2n) is 4.22. The fourth-order valence-electron chi connectivity index (χ4n) is 1.34. The van der Waals surface area contributed by atoms with Crippen LogP contribution < -0.4 is 10.6 Å². The summed E-state index contributed by atoms with van der Waals surface area (Å²) < 4.78 is 0. The third kappa shape index (κ3) is 4.26. The van der Waals surface area contributed by atoms with Gasteiger partial charge in [-0.05, 0) is 32.9 Å². The molecule has 0 saturated carbocycles. The van der Waals surface area contributed by atoms with Crippen LogP contribution in [0.2, 0.25) is 0 Å². The van der Waals surface area contributed by atoms with E-state index in [4.69, 9.17) is 0 Å². The molecule has 4 heteroatoms. The standard InChI is InChI=1S/C13H18N2O2/c1-9(2)14-12(16)10(3)15-13(17)11-7-5-4-6-8-11/h4-10H,1-3H3,(H,14,16)(H,15,17)/t10-/m0/s1. The lowest BCUT2D eigenvalue weighted by molar-refractivity contribution is -0.123. The zero-order valence-corrected chi connectivity index (χ0v) is 10.4. The van der Waals surface area contributed by atoms with Gasteiger partial charge in [-0.25, -0.2) is 0 Å². The predicted molar refractivity (Wildman–Crippen MR) is 66.6 cm³/mol. The molecule has 0 heterocycles. The average Bonchev–Trinajstić information content (AvgIpc) is 2.29. The van der Waals surface area contributed by atoms with Crippen molar-refractivity contribution in [2.75, 3.05) is 0 Å². The maximum atomic E-state index is 11.8. The van der Waals surface area contributed by atoms with Gasteiger partial charge in [0.15, 0.2) is 0 Å². The quantitative estimate of drug-likeness (QED) is 0.825. The minimum absolute atomic E-state index is 0.0681. The van der Waals surface area contributed by atoms with Crippen molar-refractivity contribution in [3.05, 3.63) is 35.9 Å². The summed E-state index contributed by atoms with van der Waals surface area (Å²) in [4.78, 5) is 23.3. The van der Waals surface area contributed by atoms with Gasteiger partial charge in [0.1, 0.15) is 6.04 Å². The van der Waals surface area contributed by atoms with Crippen molar-refractivity contribution in [1.82, 2.24) is 10.6 Å². The molecule has 1 aromatic carbocycles. The summed E-state index contributed by atoms with van der Waals surface area (Å²) >= 11 is 0. The summed E-state index contributed by atoms with van der Waals surface area (Å²) in [6.07, 6.45) is 0. The van der Waals surface area contributed by atoms with E-state index in [0.717, 1.165) is 0 Å². The number of hydrogen-bond acceptors (Lipinski definition) is 2. The minimum atomic E-state index is -0.537. The lowest BCUT2D eigenvalue weighted by Gasteiger charge is -2.15. The van der Waals surface area contributed by atoms with E-state index in [9.17, 15) is 9.59 Å². The van der Waals surface area contributed by atoms with Gasteiger partial charge in [0, 0.05) is 11.6 Å². The number of carbonyl (C=O) groups is 2. The van der Waals surface area contributed by atoms with E-state index >= 15 is 0 Å². The van der Waals surface area contributed by atoms with Gasteiger partial charge in [-0.15, -0.1) is 0 Å². The summed E-state index contributed by atoms with van der Waals surface area (Å²) in [5.41, 5.74) is 0.552. The van der Waals surface area contributed by atoms with Crippen molar-refractivity contribution >= 4 is 11.8 Å². The Bertz CT molecular complexity index is 388. The molecule has 92 valence electrons. The highest BCUT2D eigenvalue weighted by Gasteiger charge is 2.16. The van der Waals surface area contributed by atoms with Gasteiger partial charge in [0.05, 0.1) is 0 Å². The number of carbonyl (C=O) groups excluding carboxylic acids is 2. The summed E-state index contributed by atoms with van der Waals surface area (Å²) in [7, 11) is 0. The lowest BCUT2D eigenvalue weighted by atomic mass is 10.2. The summed E-state index contributed by atoms with van der Waals surface area (Å²) in [5, 5.41) is 5.40. The van der Waals surface area contributed by atoms with E-state index in [2.05, 4.69) is 10.6 Å². The molecule has 1 rings (SSSR count). The fourth-order valence-corrected chi connectivity index (χ4v) is 1.34. The molecule has 1 aromatic rings. The SMILES string of the molecule is CC(C)NC(=O)[C@H](C)NC(=O)c1ccccc1. The summed E-state index contributed by atoms with van der Waals surface area (Å²) in [5.74, 6) is -0.415. The number of rotatable bonds is 4. The Morgan fingerprint density at radius 2 is 1.59 bits per heavy atom. The second kappa shape index (κ2) is 6.03. The van der Waals surface area contributed by atoms with Crippen molar-refractivity contribution in [3.8, 4) is 0 Å². The zero-order chi connectivity index (χ0) is 12.8. The monoisotopic (exact) mass is 234 g/mol. The molecule has 0 fully saturated rings. The largest absolute Gasteiger partial charge is 0.352 e. The zero-order valence-electron chi connectivity index (χ0n) is 10.4. The van der Waals surface area contributed by atoms with E-state index in [1.807, 2.05) is 19.9 Å². The highest BCUT2D eigenvalue weighted by atomic mass is 16.2. The van der Waals surface area contributed by atoms with Crippen LogP contribution in [0, 0.1) is 0 Å². The Balaban J connectivity index is 2.55. The van der Waals surface area contributed by atoms with Crippen LogP contribution in [-0.2, 0) is 4.79 Å². The van der Waals surface area contributed by atoms with Gasteiger partial charge in [0.25, 0.3) is 5.91 Å². The van der Waals surface area contributed by atoms with Crippen LogP contribution in [0.15, 0.2) is 30.3 Å². The molecule has 0 unspecified atom stereocenters. The van der Waals surface area contributed by atoms with Crippen LogP contribution in [0.4, 0.5) is 0 Å². The normalized spacial score (nSPS) is 12.0. The molecule has 2 N–H and O–H groups in total.